The quantitative estimate of drug-likeness (QED) is 0.0106. The number of carbonyl (C=O) groups is 7. The predicted octanol–water partition coefficient (Wildman–Crippen LogP) is 6.32. The Bertz CT molecular complexity index is 1290. The van der Waals surface area contributed by atoms with Gasteiger partial charge < -0.3 is 60.4 Å². The maximum Gasteiger partial charge on any atom is 0.303 e. The molecule has 70 heavy (non-hydrogen) atoms. The molecular formula is C49H89IN4O16. The number of hydrogen-bond acceptors (Lipinski definition) is 13. The van der Waals surface area contributed by atoms with Gasteiger partial charge in [-0.15, -0.1) is 0 Å². The number of hydrogen-bond donors (Lipinski definition) is 9. The van der Waals surface area contributed by atoms with Crippen LogP contribution in [-0.4, -0.2) is 150 Å². The monoisotopic (exact) mass is 1120 g/mol. The van der Waals surface area contributed by atoms with E-state index in [0.717, 1.165) is 103 Å². The summed E-state index contributed by atoms with van der Waals surface area (Å²) in [7, 11) is 0. The van der Waals surface area contributed by atoms with Crippen LogP contribution in [0.4, 0.5) is 0 Å². The smallest absolute Gasteiger partial charge is 0.303 e. The fourth-order valence-corrected chi connectivity index (χ4v) is 7.64. The fraction of sp³-hybridized carbons (Fsp3) is 0.857. The van der Waals surface area contributed by atoms with E-state index in [9.17, 15) is 38.7 Å². The number of carboxylic acid groups (broad SMARTS) is 4. The molecule has 0 spiro atoms. The van der Waals surface area contributed by atoms with Crippen LogP contribution in [0.2, 0.25) is 0 Å². The lowest BCUT2D eigenvalue weighted by Crippen LogP contribution is -2.44. The third kappa shape index (κ3) is 47.1. The molecule has 0 aliphatic rings. The van der Waals surface area contributed by atoms with Crippen LogP contribution >= 0.6 is 22.6 Å². The van der Waals surface area contributed by atoms with E-state index >= 15 is 0 Å². The molecule has 0 bridgehead atoms. The van der Waals surface area contributed by atoms with Gasteiger partial charge in [0.25, 0.3) is 0 Å². The van der Waals surface area contributed by atoms with Crippen molar-refractivity contribution in [1.29, 1.82) is 0 Å². The zero-order valence-corrected chi connectivity index (χ0v) is 44.0. The average molecular weight is 1120 g/mol. The maximum absolute atomic E-state index is 12.7. The lowest BCUT2D eigenvalue weighted by atomic mass is 9.92. The molecule has 0 aromatic rings. The number of rotatable bonds is 53. The van der Waals surface area contributed by atoms with Crippen molar-refractivity contribution in [3.8, 4) is 0 Å². The Morgan fingerprint density at radius 2 is 0.614 bits per heavy atom. The zero-order valence-electron chi connectivity index (χ0n) is 41.9. The number of aliphatic hydroxyl groups is 1. The predicted molar refractivity (Wildman–Crippen MR) is 272 cm³/mol. The Morgan fingerprint density at radius 3 is 0.914 bits per heavy atom. The molecular weight excluding hydrogens is 1030 g/mol. The maximum atomic E-state index is 12.7. The standard InChI is InChI=1S/C49H89IN4O16/c50-49(66,54-32-20-12-4-8-16-24-47(64)65)28-36-70-40-48(37-67-33-25-41(55)51-29-17-9-1-5-13-21-44(58)59,38-68-34-26-42(56)52-30-18-10-2-6-14-22-45(60)61)39-69-35-27-43(57)53-31-19-11-3-7-15-23-46(62)63/h54,66H,1-40H2,(H,51,55)(H,52,56)(H,53,57)(H,58,59)(H,60,61)(H,62,63)(H,64,65). The summed E-state index contributed by atoms with van der Waals surface area (Å²) in [6.45, 7) is 2.66. The van der Waals surface area contributed by atoms with Crippen molar-refractivity contribution in [2.24, 2.45) is 5.41 Å². The summed E-state index contributed by atoms with van der Waals surface area (Å²) >= 11 is 1.94. The minimum atomic E-state index is -1.26. The van der Waals surface area contributed by atoms with E-state index in [2.05, 4.69) is 21.3 Å². The van der Waals surface area contributed by atoms with Crippen molar-refractivity contribution in [3.05, 3.63) is 0 Å². The van der Waals surface area contributed by atoms with Crippen molar-refractivity contribution in [1.82, 2.24) is 21.3 Å². The van der Waals surface area contributed by atoms with Crippen molar-refractivity contribution in [2.75, 3.05) is 79.0 Å². The van der Waals surface area contributed by atoms with Gasteiger partial charge in [0.1, 0.15) is 0 Å². The first-order valence-corrected chi connectivity index (χ1v) is 26.8. The molecule has 20 nitrogen and oxygen atoms in total. The van der Waals surface area contributed by atoms with Crippen LogP contribution in [-0.2, 0) is 52.5 Å². The number of unbranched alkanes of at least 4 members (excludes halogenated alkanes) is 16. The largest absolute Gasteiger partial charge is 0.481 e. The first-order valence-electron chi connectivity index (χ1n) is 25.7. The second-order valence-electron chi connectivity index (χ2n) is 18.1. The number of alkyl halides is 1. The number of nitrogens with one attached hydrogen (secondary N) is 4. The second-order valence-corrected chi connectivity index (χ2v) is 19.9. The van der Waals surface area contributed by atoms with Gasteiger partial charge in [0.05, 0.1) is 58.3 Å². The van der Waals surface area contributed by atoms with Crippen molar-refractivity contribution in [3.63, 3.8) is 0 Å². The molecule has 0 radical (unpaired) electrons. The number of amides is 3. The molecule has 21 heteroatoms. The minimum absolute atomic E-state index is 0.0488. The molecule has 0 aromatic heterocycles. The lowest BCUT2D eigenvalue weighted by molar-refractivity contribution is -0.138. The van der Waals surface area contributed by atoms with Crippen LogP contribution in [0, 0.1) is 5.41 Å². The van der Waals surface area contributed by atoms with Gasteiger partial charge in [0.15, 0.2) is 3.73 Å². The number of aliphatic carboxylic acids is 4. The van der Waals surface area contributed by atoms with Crippen LogP contribution in [0.3, 0.4) is 0 Å². The Hall–Kier alpha value is -3.22. The Kier molecular flexibility index (Phi) is 43.5. The minimum Gasteiger partial charge on any atom is -0.481 e. The zero-order chi connectivity index (χ0) is 52.0. The molecule has 0 aromatic carbocycles. The molecule has 9 N–H and O–H groups in total. The number of ether oxygens (including phenoxy) is 4. The van der Waals surface area contributed by atoms with Crippen LogP contribution in [0.1, 0.15) is 180 Å². The molecule has 0 heterocycles. The van der Waals surface area contributed by atoms with E-state index in [0.29, 0.717) is 51.9 Å². The second kappa shape index (κ2) is 45.6. The van der Waals surface area contributed by atoms with E-state index < -0.39 is 33.0 Å². The topological polar surface area (TPSA) is 306 Å². The third-order valence-electron chi connectivity index (χ3n) is 11.3. The Morgan fingerprint density at radius 1 is 0.357 bits per heavy atom. The Labute approximate surface area is 429 Å². The van der Waals surface area contributed by atoms with Crippen molar-refractivity contribution >= 4 is 64.2 Å². The first-order chi connectivity index (χ1) is 33.6. The van der Waals surface area contributed by atoms with Gasteiger partial charge in [-0.3, -0.25) is 38.9 Å². The highest BCUT2D eigenvalue weighted by Gasteiger charge is 2.33. The lowest BCUT2D eigenvalue weighted by Gasteiger charge is -2.33. The van der Waals surface area contributed by atoms with Crippen molar-refractivity contribution in [2.45, 2.75) is 184 Å². The Balaban J connectivity index is 5.50. The normalized spacial score (nSPS) is 12.3. The van der Waals surface area contributed by atoms with Gasteiger partial charge in [-0.1, -0.05) is 77.0 Å². The molecule has 0 aliphatic carbocycles. The molecule has 1 unspecified atom stereocenters. The van der Waals surface area contributed by atoms with Gasteiger partial charge in [0.2, 0.25) is 17.7 Å². The summed E-state index contributed by atoms with van der Waals surface area (Å²) in [5.74, 6) is -3.74. The van der Waals surface area contributed by atoms with Crippen molar-refractivity contribution < 1.29 is 78.0 Å². The van der Waals surface area contributed by atoms with Gasteiger partial charge in [-0.2, -0.15) is 0 Å². The average Bonchev–Trinajstić information content (AvgIpc) is 3.30. The molecule has 3 amide bonds. The van der Waals surface area contributed by atoms with Gasteiger partial charge in [-0.05, 0) is 80.5 Å². The van der Waals surface area contributed by atoms with Crippen LogP contribution < -0.4 is 21.3 Å². The molecule has 0 saturated heterocycles. The highest BCUT2D eigenvalue weighted by molar-refractivity contribution is 14.1. The number of carbonyl (C=O) groups excluding carboxylic acids is 3. The highest BCUT2D eigenvalue weighted by Crippen LogP contribution is 2.23. The SMILES string of the molecule is O=C(O)CCCCCCCNC(=O)CCOCC(COCCC(=O)NCCCCCCCC(=O)O)(COCCC(=O)NCCCCCCCC(=O)O)COCCC(O)(I)NCCCCCCCC(=O)O. The van der Waals surface area contributed by atoms with E-state index in [4.69, 9.17) is 39.4 Å². The first kappa shape index (κ1) is 66.8. The summed E-state index contributed by atoms with van der Waals surface area (Å²) in [6, 6.07) is 0. The highest BCUT2D eigenvalue weighted by atomic mass is 127. The summed E-state index contributed by atoms with van der Waals surface area (Å²) < 4.78 is 23.2. The van der Waals surface area contributed by atoms with Crippen LogP contribution in [0.25, 0.3) is 0 Å². The number of carboxylic acids is 4. The summed E-state index contributed by atoms with van der Waals surface area (Å²) in [5, 5.41) is 58.1. The van der Waals surface area contributed by atoms with Gasteiger partial charge in [0, 0.05) is 71.0 Å². The van der Waals surface area contributed by atoms with Gasteiger partial charge >= 0.3 is 23.9 Å². The fourth-order valence-electron chi connectivity index (χ4n) is 7.15. The van der Waals surface area contributed by atoms with E-state index in [1.807, 2.05) is 22.6 Å². The molecule has 0 fully saturated rings. The molecule has 0 saturated carbocycles. The summed E-state index contributed by atoms with van der Waals surface area (Å²) in [5.41, 5.74) is -0.942. The van der Waals surface area contributed by atoms with Crippen LogP contribution in [0.15, 0.2) is 0 Å². The molecule has 0 aliphatic heterocycles. The van der Waals surface area contributed by atoms with Gasteiger partial charge in [-0.25, -0.2) is 0 Å². The van der Waals surface area contributed by atoms with E-state index in [1.54, 1.807) is 0 Å². The number of halogens is 1. The summed E-state index contributed by atoms with van der Waals surface area (Å²) in [6.07, 6.45) is 17.2. The summed E-state index contributed by atoms with van der Waals surface area (Å²) in [4.78, 5) is 80.9. The molecule has 1 atom stereocenters. The van der Waals surface area contributed by atoms with E-state index in [-0.39, 0.29) is 122 Å². The third-order valence-corrected chi connectivity index (χ3v) is 12.2. The molecule has 408 valence electrons. The molecule has 0 rings (SSSR count). The van der Waals surface area contributed by atoms with E-state index in [1.165, 1.54) is 0 Å². The van der Waals surface area contributed by atoms with Crippen LogP contribution in [0.5, 0.6) is 0 Å².